The van der Waals surface area contributed by atoms with Crippen molar-refractivity contribution in [2.45, 2.75) is 405 Å². The lowest BCUT2D eigenvalue weighted by atomic mass is 10.0. The van der Waals surface area contributed by atoms with E-state index < -0.39 is 12.1 Å². The molecule has 456 valence electrons. The van der Waals surface area contributed by atoms with E-state index in [0.717, 1.165) is 44.9 Å². The van der Waals surface area contributed by atoms with Crippen molar-refractivity contribution in [2.75, 3.05) is 13.2 Å². The minimum atomic E-state index is -0.851. The van der Waals surface area contributed by atoms with Gasteiger partial charge in [0.25, 0.3) is 0 Å². The Morgan fingerprint density at radius 3 is 0.922 bits per heavy atom. The van der Waals surface area contributed by atoms with Gasteiger partial charge in [0.2, 0.25) is 5.91 Å². The number of esters is 1. The van der Waals surface area contributed by atoms with Gasteiger partial charge in [0, 0.05) is 12.8 Å². The monoisotopic (exact) mass is 1080 g/mol. The SMILES string of the molecule is CCCCCCCCCCCCCCCCCCCCC/C=C/C(O)C(CO)NC(=O)CCCCCCCCC/C=C\CCCCCCCCCCCOC(=O)CCCCCCCCCCCCCCCCCCCCC. The van der Waals surface area contributed by atoms with E-state index in [9.17, 15) is 19.8 Å². The van der Waals surface area contributed by atoms with Crippen LogP contribution < -0.4 is 5.32 Å². The van der Waals surface area contributed by atoms with Gasteiger partial charge in [-0.1, -0.05) is 346 Å². The molecule has 1 amide bonds. The first-order valence-corrected chi connectivity index (χ1v) is 35.1. The molecular formula is C71H137NO5. The van der Waals surface area contributed by atoms with Crippen molar-refractivity contribution >= 4 is 11.9 Å². The van der Waals surface area contributed by atoms with Crippen molar-refractivity contribution in [3.63, 3.8) is 0 Å². The Bertz CT molecular complexity index is 1200. The second-order valence-electron chi connectivity index (χ2n) is 24.2. The molecule has 0 radical (unpaired) electrons. The highest BCUT2D eigenvalue weighted by molar-refractivity contribution is 5.76. The molecule has 77 heavy (non-hydrogen) atoms. The van der Waals surface area contributed by atoms with Crippen LogP contribution in [0.15, 0.2) is 24.3 Å². The van der Waals surface area contributed by atoms with Crippen LogP contribution in [-0.4, -0.2) is 47.4 Å². The molecular weight excluding hydrogens is 947 g/mol. The fraction of sp³-hybridized carbons (Fsp3) is 0.915. The third-order valence-electron chi connectivity index (χ3n) is 16.5. The third-order valence-corrected chi connectivity index (χ3v) is 16.5. The molecule has 0 aliphatic rings. The normalized spacial score (nSPS) is 12.6. The smallest absolute Gasteiger partial charge is 0.305 e. The van der Waals surface area contributed by atoms with E-state index in [1.165, 1.54) is 321 Å². The van der Waals surface area contributed by atoms with Crippen LogP contribution in [0.3, 0.4) is 0 Å². The second kappa shape index (κ2) is 66.8. The molecule has 0 bridgehead atoms. The number of aliphatic hydroxyl groups excluding tert-OH is 2. The summed E-state index contributed by atoms with van der Waals surface area (Å²) >= 11 is 0. The quantitative estimate of drug-likeness (QED) is 0.0320. The summed E-state index contributed by atoms with van der Waals surface area (Å²) in [5, 5.41) is 23.2. The van der Waals surface area contributed by atoms with E-state index in [4.69, 9.17) is 4.74 Å². The minimum absolute atomic E-state index is 0.0112. The lowest BCUT2D eigenvalue weighted by molar-refractivity contribution is -0.143. The Morgan fingerprint density at radius 2 is 0.610 bits per heavy atom. The molecule has 2 atom stereocenters. The van der Waals surface area contributed by atoms with Crippen LogP contribution in [-0.2, 0) is 14.3 Å². The van der Waals surface area contributed by atoms with Gasteiger partial charge in [-0.3, -0.25) is 9.59 Å². The number of carbonyl (C=O) groups is 2. The van der Waals surface area contributed by atoms with Crippen LogP contribution in [0, 0.1) is 0 Å². The number of ether oxygens (including phenoxy) is 1. The van der Waals surface area contributed by atoms with Gasteiger partial charge in [0.1, 0.15) is 0 Å². The van der Waals surface area contributed by atoms with Crippen molar-refractivity contribution < 1.29 is 24.5 Å². The number of nitrogens with one attached hydrogen (secondary N) is 1. The largest absolute Gasteiger partial charge is 0.466 e. The first-order chi connectivity index (χ1) is 38.0. The van der Waals surface area contributed by atoms with Gasteiger partial charge < -0.3 is 20.3 Å². The predicted octanol–water partition coefficient (Wildman–Crippen LogP) is 22.5. The maximum absolute atomic E-state index is 12.5. The average Bonchev–Trinajstić information content (AvgIpc) is 3.43. The average molecular weight is 1080 g/mol. The van der Waals surface area contributed by atoms with Crippen LogP contribution in [0.25, 0.3) is 0 Å². The summed E-state index contributed by atoms with van der Waals surface area (Å²) in [5.74, 6) is -0.0615. The maximum Gasteiger partial charge on any atom is 0.305 e. The molecule has 0 aromatic carbocycles. The van der Waals surface area contributed by atoms with E-state index in [1.807, 2.05) is 6.08 Å². The van der Waals surface area contributed by atoms with Crippen LogP contribution in [0.5, 0.6) is 0 Å². The summed E-state index contributed by atoms with van der Waals surface area (Å²) in [6.07, 6.45) is 83.9. The van der Waals surface area contributed by atoms with Gasteiger partial charge >= 0.3 is 5.97 Å². The summed E-state index contributed by atoms with van der Waals surface area (Å²) in [6, 6.07) is -0.635. The van der Waals surface area contributed by atoms with Crippen molar-refractivity contribution in [3.05, 3.63) is 24.3 Å². The summed E-state index contributed by atoms with van der Waals surface area (Å²) in [6.45, 7) is 4.94. The summed E-state index contributed by atoms with van der Waals surface area (Å²) < 4.78 is 5.51. The molecule has 6 nitrogen and oxygen atoms in total. The molecule has 0 fully saturated rings. The number of rotatable bonds is 66. The summed E-state index contributed by atoms with van der Waals surface area (Å²) in [7, 11) is 0. The zero-order valence-corrected chi connectivity index (χ0v) is 52.2. The van der Waals surface area contributed by atoms with Crippen molar-refractivity contribution in [2.24, 2.45) is 0 Å². The number of hydrogen-bond acceptors (Lipinski definition) is 5. The van der Waals surface area contributed by atoms with Gasteiger partial charge in [-0.05, 0) is 57.8 Å². The Balaban J connectivity index is 3.43. The van der Waals surface area contributed by atoms with Crippen molar-refractivity contribution in [1.29, 1.82) is 0 Å². The Kier molecular flexibility index (Phi) is 65.4. The van der Waals surface area contributed by atoms with E-state index in [2.05, 4.69) is 31.3 Å². The molecule has 0 heterocycles. The van der Waals surface area contributed by atoms with E-state index in [0.29, 0.717) is 19.4 Å². The van der Waals surface area contributed by atoms with Crippen LogP contribution in [0.2, 0.25) is 0 Å². The molecule has 0 rings (SSSR count). The fourth-order valence-corrected chi connectivity index (χ4v) is 11.1. The fourth-order valence-electron chi connectivity index (χ4n) is 11.1. The van der Waals surface area contributed by atoms with Crippen LogP contribution >= 0.6 is 0 Å². The molecule has 3 N–H and O–H groups in total. The molecule has 0 saturated carbocycles. The van der Waals surface area contributed by atoms with E-state index in [1.54, 1.807) is 6.08 Å². The highest BCUT2D eigenvalue weighted by Crippen LogP contribution is 2.19. The lowest BCUT2D eigenvalue weighted by Gasteiger charge is -2.20. The second-order valence-corrected chi connectivity index (χ2v) is 24.2. The Hall–Kier alpha value is -1.66. The predicted molar refractivity (Wildman–Crippen MR) is 338 cm³/mol. The van der Waals surface area contributed by atoms with E-state index in [-0.39, 0.29) is 18.5 Å². The van der Waals surface area contributed by atoms with Crippen LogP contribution in [0.4, 0.5) is 0 Å². The molecule has 0 aliphatic carbocycles. The van der Waals surface area contributed by atoms with Crippen molar-refractivity contribution in [3.8, 4) is 0 Å². The third kappa shape index (κ3) is 63.4. The molecule has 0 aliphatic heterocycles. The number of unbranched alkanes of at least 4 members (excludes halogenated alkanes) is 53. The molecule has 0 saturated heterocycles. The van der Waals surface area contributed by atoms with Gasteiger partial charge in [-0.2, -0.15) is 0 Å². The Morgan fingerprint density at radius 1 is 0.351 bits per heavy atom. The maximum atomic E-state index is 12.5. The molecule has 6 heteroatoms. The minimum Gasteiger partial charge on any atom is -0.466 e. The first-order valence-electron chi connectivity index (χ1n) is 35.1. The highest BCUT2D eigenvalue weighted by Gasteiger charge is 2.18. The number of allylic oxidation sites excluding steroid dienone is 3. The number of hydrogen-bond donors (Lipinski definition) is 3. The van der Waals surface area contributed by atoms with Crippen LogP contribution in [0.1, 0.15) is 393 Å². The summed E-state index contributed by atoms with van der Waals surface area (Å²) in [5.41, 5.74) is 0. The number of carbonyl (C=O) groups excluding carboxylic acids is 2. The standard InChI is InChI=1S/C71H137NO5/c1-3-5-7-9-11-13-15-17-19-21-23-24-28-31-35-39-43-47-51-55-59-63-69(74)68(67-73)72-70(75)64-60-56-52-48-44-40-36-32-29-25-26-30-34-38-42-46-50-54-58-62-66-77-71(76)65-61-57-53-49-45-41-37-33-27-22-20-18-16-14-12-10-8-6-4-2/h25,29,59,63,68-69,73-74H,3-24,26-28,30-58,60-62,64-67H2,1-2H3,(H,72,75)/b29-25-,63-59+. The molecule has 0 aromatic heterocycles. The first kappa shape index (κ1) is 75.3. The number of aliphatic hydroxyl groups is 2. The highest BCUT2D eigenvalue weighted by atomic mass is 16.5. The lowest BCUT2D eigenvalue weighted by Crippen LogP contribution is -2.45. The van der Waals surface area contributed by atoms with Gasteiger partial charge in [0.05, 0.1) is 25.4 Å². The topological polar surface area (TPSA) is 95.9 Å². The molecule has 0 aromatic rings. The summed E-state index contributed by atoms with van der Waals surface area (Å²) in [4.78, 5) is 24.6. The Labute approximate surface area is 481 Å². The molecule has 2 unspecified atom stereocenters. The van der Waals surface area contributed by atoms with E-state index >= 15 is 0 Å². The molecule has 0 spiro atoms. The number of amides is 1. The van der Waals surface area contributed by atoms with Crippen molar-refractivity contribution in [1.82, 2.24) is 5.32 Å². The zero-order chi connectivity index (χ0) is 55.7. The van der Waals surface area contributed by atoms with Gasteiger partial charge in [-0.15, -0.1) is 0 Å². The van der Waals surface area contributed by atoms with Gasteiger partial charge in [0.15, 0.2) is 0 Å². The zero-order valence-electron chi connectivity index (χ0n) is 52.2. The van der Waals surface area contributed by atoms with Gasteiger partial charge in [-0.25, -0.2) is 0 Å².